The largest absolute Gasteiger partial charge is 0.466 e. The Labute approximate surface area is 127 Å². The Morgan fingerprint density at radius 1 is 1.45 bits per heavy atom. The lowest BCUT2D eigenvalue weighted by Crippen LogP contribution is -2.40. The zero-order chi connectivity index (χ0) is 14.7. The summed E-state index contributed by atoms with van der Waals surface area (Å²) in [5.74, 6) is -0.264. The van der Waals surface area contributed by atoms with Crippen molar-refractivity contribution in [3.8, 4) is 0 Å². The zero-order valence-corrected chi connectivity index (χ0v) is 13.2. The van der Waals surface area contributed by atoms with E-state index in [-0.39, 0.29) is 17.8 Å². The summed E-state index contributed by atoms with van der Waals surface area (Å²) in [5.41, 5.74) is 0.932. The highest BCUT2D eigenvalue weighted by molar-refractivity contribution is 7.13. The fraction of sp³-hybridized carbons (Fsp3) is 0.571. The number of likely N-dealkylation sites (tertiary alicyclic amines) is 1. The van der Waals surface area contributed by atoms with Gasteiger partial charge in [-0.25, -0.2) is 0 Å². The number of aryl methyl sites for hydroxylation is 1. The van der Waals surface area contributed by atoms with E-state index in [0.717, 1.165) is 5.56 Å². The molecule has 1 amide bonds. The van der Waals surface area contributed by atoms with E-state index in [1.165, 1.54) is 11.3 Å². The number of nitrogens with zero attached hydrogens (tertiary/aromatic N) is 1. The monoisotopic (exact) mass is 315 g/mol. The maximum absolute atomic E-state index is 12.4. The summed E-state index contributed by atoms with van der Waals surface area (Å²) >= 11 is 7.51. The fourth-order valence-electron chi connectivity index (χ4n) is 2.30. The summed E-state index contributed by atoms with van der Waals surface area (Å²) in [5, 5.41) is 2.44. The van der Waals surface area contributed by atoms with Crippen LogP contribution < -0.4 is 0 Å². The van der Waals surface area contributed by atoms with Gasteiger partial charge in [-0.05, 0) is 37.6 Å². The molecule has 4 nitrogen and oxygen atoms in total. The van der Waals surface area contributed by atoms with Crippen LogP contribution in [0, 0.1) is 12.8 Å². The van der Waals surface area contributed by atoms with Crippen LogP contribution in [0.15, 0.2) is 5.38 Å². The number of esters is 1. The lowest BCUT2D eigenvalue weighted by atomic mass is 9.97. The molecule has 110 valence electrons. The van der Waals surface area contributed by atoms with Gasteiger partial charge in [-0.15, -0.1) is 11.3 Å². The van der Waals surface area contributed by atoms with Gasteiger partial charge < -0.3 is 9.64 Å². The molecule has 0 aromatic carbocycles. The van der Waals surface area contributed by atoms with Crippen LogP contribution in [0.5, 0.6) is 0 Å². The molecule has 2 heterocycles. The highest BCUT2D eigenvalue weighted by atomic mass is 35.5. The van der Waals surface area contributed by atoms with Crippen LogP contribution in [0.25, 0.3) is 0 Å². The molecule has 0 saturated carbocycles. The van der Waals surface area contributed by atoms with Crippen LogP contribution in [0.4, 0.5) is 0 Å². The molecule has 0 atom stereocenters. The third-order valence-corrected chi connectivity index (χ3v) is 5.18. The number of hydrogen-bond acceptors (Lipinski definition) is 4. The molecule has 0 N–H and O–H groups in total. The summed E-state index contributed by atoms with van der Waals surface area (Å²) < 4.78 is 5.02. The summed E-state index contributed by atoms with van der Waals surface area (Å²) in [7, 11) is 0. The Bertz CT molecular complexity index is 507. The maximum atomic E-state index is 12.4. The van der Waals surface area contributed by atoms with E-state index in [1.54, 1.807) is 11.8 Å². The van der Waals surface area contributed by atoms with Crippen molar-refractivity contribution in [2.24, 2.45) is 5.92 Å². The van der Waals surface area contributed by atoms with Gasteiger partial charge >= 0.3 is 5.97 Å². The second kappa shape index (κ2) is 6.59. The van der Waals surface area contributed by atoms with Crippen LogP contribution in [0.1, 0.15) is 35.0 Å². The second-order valence-electron chi connectivity index (χ2n) is 4.88. The van der Waals surface area contributed by atoms with Gasteiger partial charge in [0.1, 0.15) is 4.88 Å². The number of carbonyl (C=O) groups is 2. The number of piperidine rings is 1. The minimum absolute atomic E-state index is 0.0320. The van der Waals surface area contributed by atoms with Gasteiger partial charge in [0, 0.05) is 13.1 Å². The topological polar surface area (TPSA) is 46.6 Å². The van der Waals surface area contributed by atoms with E-state index in [2.05, 4.69) is 0 Å². The van der Waals surface area contributed by atoms with E-state index in [4.69, 9.17) is 16.3 Å². The van der Waals surface area contributed by atoms with Gasteiger partial charge in [-0.2, -0.15) is 0 Å². The van der Waals surface area contributed by atoms with Crippen LogP contribution in [-0.2, 0) is 9.53 Å². The average Bonchev–Trinajstić information content (AvgIpc) is 2.79. The molecule has 1 aromatic rings. The van der Waals surface area contributed by atoms with Crippen LogP contribution in [-0.4, -0.2) is 36.5 Å². The molecule has 0 aliphatic carbocycles. The van der Waals surface area contributed by atoms with Gasteiger partial charge in [-0.1, -0.05) is 11.6 Å². The first kappa shape index (κ1) is 15.3. The van der Waals surface area contributed by atoms with Gasteiger partial charge in [0.05, 0.1) is 17.5 Å². The van der Waals surface area contributed by atoms with Crippen molar-refractivity contribution in [3.05, 3.63) is 20.8 Å². The third kappa shape index (κ3) is 3.15. The first-order chi connectivity index (χ1) is 9.54. The van der Waals surface area contributed by atoms with E-state index >= 15 is 0 Å². The Balaban J connectivity index is 1.95. The molecular weight excluding hydrogens is 298 g/mol. The molecule has 6 heteroatoms. The van der Waals surface area contributed by atoms with E-state index in [0.29, 0.717) is 42.4 Å². The molecule has 0 bridgehead atoms. The molecular formula is C14H18ClNO3S. The number of carbonyl (C=O) groups excluding carboxylic acids is 2. The van der Waals surface area contributed by atoms with Crippen LogP contribution >= 0.6 is 22.9 Å². The molecule has 1 aromatic heterocycles. The van der Waals surface area contributed by atoms with E-state index in [9.17, 15) is 9.59 Å². The highest BCUT2D eigenvalue weighted by Crippen LogP contribution is 2.29. The van der Waals surface area contributed by atoms with Crippen LogP contribution in [0.2, 0.25) is 5.02 Å². The van der Waals surface area contributed by atoms with E-state index < -0.39 is 0 Å². The van der Waals surface area contributed by atoms with Crippen molar-refractivity contribution in [2.45, 2.75) is 26.7 Å². The number of halogens is 1. The summed E-state index contributed by atoms with van der Waals surface area (Å²) in [6.07, 6.45) is 1.32. The van der Waals surface area contributed by atoms with E-state index in [1.807, 2.05) is 12.3 Å². The predicted octanol–water partition coefficient (Wildman–Crippen LogP) is 3.13. The Hall–Kier alpha value is -1.07. The Morgan fingerprint density at radius 3 is 2.60 bits per heavy atom. The Kier molecular flexibility index (Phi) is 5.05. The molecule has 0 radical (unpaired) electrons. The number of amides is 1. The highest BCUT2D eigenvalue weighted by Gasteiger charge is 2.30. The minimum Gasteiger partial charge on any atom is -0.466 e. The predicted molar refractivity (Wildman–Crippen MR) is 79.3 cm³/mol. The lowest BCUT2D eigenvalue weighted by Gasteiger charge is -2.30. The quantitative estimate of drug-likeness (QED) is 0.805. The molecule has 1 fully saturated rings. The number of ether oxygens (including phenoxy) is 1. The Morgan fingerprint density at radius 2 is 2.10 bits per heavy atom. The fourth-order valence-corrected chi connectivity index (χ4v) is 3.54. The summed E-state index contributed by atoms with van der Waals surface area (Å²) in [6, 6.07) is 0. The van der Waals surface area contributed by atoms with Crippen molar-refractivity contribution in [1.29, 1.82) is 0 Å². The van der Waals surface area contributed by atoms with Crippen molar-refractivity contribution in [2.75, 3.05) is 19.7 Å². The second-order valence-corrected chi connectivity index (χ2v) is 6.14. The zero-order valence-electron chi connectivity index (χ0n) is 11.6. The van der Waals surface area contributed by atoms with Gasteiger partial charge in [0.15, 0.2) is 0 Å². The average molecular weight is 316 g/mol. The van der Waals surface area contributed by atoms with Gasteiger partial charge in [0.25, 0.3) is 5.91 Å². The molecule has 0 spiro atoms. The van der Waals surface area contributed by atoms with Crippen molar-refractivity contribution < 1.29 is 14.3 Å². The smallest absolute Gasteiger partial charge is 0.309 e. The molecule has 1 aliphatic heterocycles. The first-order valence-corrected chi connectivity index (χ1v) is 7.99. The third-order valence-electron chi connectivity index (χ3n) is 3.50. The number of rotatable bonds is 3. The standard InChI is InChI=1S/C14H18ClNO3S/c1-3-19-14(18)10-4-6-16(7-5-10)13(17)12-11(15)9(2)8-20-12/h8,10H,3-7H2,1-2H3. The molecule has 1 saturated heterocycles. The minimum atomic E-state index is -0.149. The van der Waals surface area contributed by atoms with Crippen LogP contribution in [0.3, 0.4) is 0 Å². The molecule has 20 heavy (non-hydrogen) atoms. The van der Waals surface area contributed by atoms with Crippen molar-refractivity contribution >= 4 is 34.8 Å². The number of hydrogen-bond donors (Lipinski definition) is 0. The SMILES string of the molecule is CCOC(=O)C1CCN(C(=O)c2scc(C)c2Cl)CC1. The van der Waals surface area contributed by atoms with Gasteiger partial charge in [-0.3, -0.25) is 9.59 Å². The molecule has 1 aliphatic rings. The molecule has 0 unspecified atom stereocenters. The lowest BCUT2D eigenvalue weighted by molar-refractivity contribution is -0.149. The van der Waals surface area contributed by atoms with Crippen molar-refractivity contribution in [1.82, 2.24) is 4.90 Å². The van der Waals surface area contributed by atoms with Gasteiger partial charge in [0.2, 0.25) is 0 Å². The number of thiophene rings is 1. The summed E-state index contributed by atoms with van der Waals surface area (Å²) in [6.45, 7) is 5.26. The maximum Gasteiger partial charge on any atom is 0.309 e. The summed E-state index contributed by atoms with van der Waals surface area (Å²) in [4.78, 5) is 26.4. The first-order valence-electron chi connectivity index (χ1n) is 6.74. The van der Waals surface area contributed by atoms with Crippen molar-refractivity contribution in [3.63, 3.8) is 0 Å². The molecule has 2 rings (SSSR count). The normalized spacial score (nSPS) is 16.2.